The Bertz CT molecular complexity index is 942. The number of amides is 2. The second kappa shape index (κ2) is 9.54. The predicted octanol–water partition coefficient (Wildman–Crippen LogP) is 3.31. The van der Waals surface area contributed by atoms with Crippen LogP contribution in [0.25, 0.3) is 0 Å². The van der Waals surface area contributed by atoms with Crippen molar-refractivity contribution in [2.24, 2.45) is 0 Å². The van der Waals surface area contributed by atoms with Gasteiger partial charge in [0.1, 0.15) is 5.56 Å². The minimum Gasteiger partial charge on any atom is -0.493 e. The van der Waals surface area contributed by atoms with Crippen LogP contribution < -0.4 is 20.1 Å². The van der Waals surface area contributed by atoms with E-state index in [4.69, 9.17) is 9.47 Å². The third-order valence-electron chi connectivity index (χ3n) is 4.11. The summed E-state index contributed by atoms with van der Waals surface area (Å²) in [6.45, 7) is 6.03. The first kappa shape index (κ1) is 21.7. The van der Waals surface area contributed by atoms with Crippen molar-refractivity contribution in [2.45, 2.75) is 20.8 Å². The molecule has 29 heavy (non-hydrogen) atoms. The van der Waals surface area contributed by atoms with E-state index in [1.165, 1.54) is 19.2 Å². The third kappa shape index (κ3) is 5.01. The lowest BCUT2D eigenvalue weighted by Gasteiger charge is -2.13. The first-order valence-corrected chi connectivity index (χ1v) is 9.01. The molecule has 2 rings (SSSR count). The van der Waals surface area contributed by atoms with Crippen LogP contribution in [0.3, 0.4) is 0 Å². The highest BCUT2D eigenvalue weighted by atomic mass is 16.6. The van der Waals surface area contributed by atoms with E-state index in [0.717, 1.165) is 6.07 Å². The fourth-order valence-corrected chi connectivity index (χ4v) is 2.66. The molecule has 0 spiro atoms. The molecule has 0 bridgehead atoms. The number of hydrogen-bond donors (Lipinski definition) is 2. The summed E-state index contributed by atoms with van der Waals surface area (Å²) in [5.41, 5.74) is 0.849. The summed E-state index contributed by atoms with van der Waals surface area (Å²) < 4.78 is 10.5. The number of nitro benzene ring substituents is 1. The molecule has 0 aromatic heterocycles. The van der Waals surface area contributed by atoms with Crippen molar-refractivity contribution in [3.63, 3.8) is 0 Å². The predicted molar refractivity (Wildman–Crippen MR) is 108 cm³/mol. The lowest BCUT2D eigenvalue weighted by molar-refractivity contribution is -0.385. The summed E-state index contributed by atoms with van der Waals surface area (Å²) in [5.74, 6) is -0.603. The number of nitrogens with one attached hydrogen (secondary N) is 2. The van der Waals surface area contributed by atoms with Crippen LogP contribution in [0.2, 0.25) is 0 Å². The maximum atomic E-state index is 12.8. The van der Waals surface area contributed by atoms with Gasteiger partial charge in [0.15, 0.2) is 11.5 Å². The summed E-state index contributed by atoms with van der Waals surface area (Å²) in [5, 5.41) is 16.8. The molecule has 9 heteroatoms. The van der Waals surface area contributed by atoms with Crippen molar-refractivity contribution in [2.75, 3.05) is 25.6 Å². The number of carbonyl (C=O) groups excluding carboxylic acids is 2. The van der Waals surface area contributed by atoms with Crippen molar-refractivity contribution in [3.8, 4) is 11.5 Å². The molecular formula is C20H23N3O6. The number of benzene rings is 2. The standard InChI is InChI=1S/C20H23N3O6/c1-5-21-19(24)13-8-7-12(3)15(9-13)22-20(25)14-10-17(28-4)18(29-6-2)11-16(14)23(26)27/h7-11H,5-6H2,1-4H3,(H,21,24)(H,22,25). The van der Waals surface area contributed by atoms with E-state index >= 15 is 0 Å². The van der Waals surface area contributed by atoms with Crippen molar-refractivity contribution in [1.82, 2.24) is 5.32 Å². The van der Waals surface area contributed by atoms with Gasteiger partial charge in [-0.15, -0.1) is 0 Å². The molecule has 0 radical (unpaired) electrons. The molecule has 0 fully saturated rings. The molecule has 0 unspecified atom stereocenters. The highest BCUT2D eigenvalue weighted by Crippen LogP contribution is 2.35. The maximum absolute atomic E-state index is 12.8. The molecule has 154 valence electrons. The second-order valence-corrected chi connectivity index (χ2v) is 6.05. The fourth-order valence-electron chi connectivity index (χ4n) is 2.66. The van der Waals surface area contributed by atoms with Crippen LogP contribution in [0.4, 0.5) is 11.4 Å². The lowest BCUT2D eigenvalue weighted by Crippen LogP contribution is -2.23. The van der Waals surface area contributed by atoms with E-state index in [-0.39, 0.29) is 29.6 Å². The third-order valence-corrected chi connectivity index (χ3v) is 4.11. The topological polar surface area (TPSA) is 120 Å². The van der Waals surface area contributed by atoms with E-state index in [2.05, 4.69) is 10.6 Å². The zero-order chi connectivity index (χ0) is 21.6. The van der Waals surface area contributed by atoms with Crippen LogP contribution >= 0.6 is 0 Å². The van der Waals surface area contributed by atoms with Gasteiger partial charge in [-0.05, 0) is 38.5 Å². The number of hydrogen-bond acceptors (Lipinski definition) is 6. The van der Waals surface area contributed by atoms with Crippen LogP contribution in [-0.2, 0) is 0 Å². The summed E-state index contributed by atoms with van der Waals surface area (Å²) in [7, 11) is 1.38. The number of nitrogens with zero attached hydrogens (tertiary/aromatic N) is 1. The number of anilines is 1. The smallest absolute Gasteiger partial charge is 0.286 e. The molecule has 0 aliphatic carbocycles. The molecule has 9 nitrogen and oxygen atoms in total. The maximum Gasteiger partial charge on any atom is 0.286 e. The second-order valence-electron chi connectivity index (χ2n) is 6.05. The van der Waals surface area contributed by atoms with Crippen LogP contribution in [0.15, 0.2) is 30.3 Å². The molecule has 0 saturated carbocycles. The number of carbonyl (C=O) groups is 2. The van der Waals surface area contributed by atoms with Crippen LogP contribution in [0.5, 0.6) is 11.5 Å². The molecule has 0 aliphatic heterocycles. The number of nitro groups is 1. The van der Waals surface area contributed by atoms with E-state index in [0.29, 0.717) is 23.4 Å². The average molecular weight is 401 g/mol. The van der Waals surface area contributed by atoms with Gasteiger partial charge in [-0.25, -0.2) is 0 Å². The van der Waals surface area contributed by atoms with Crippen LogP contribution in [0, 0.1) is 17.0 Å². The Morgan fingerprint density at radius 3 is 2.41 bits per heavy atom. The van der Waals surface area contributed by atoms with Gasteiger partial charge in [-0.1, -0.05) is 6.07 Å². The highest BCUT2D eigenvalue weighted by Gasteiger charge is 2.25. The molecule has 2 N–H and O–H groups in total. The summed E-state index contributed by atoms with van der Waals surface area (Å²) in [4.78, 5) is 35.7. The largest absolute Gasteiger partial charge is 0.493 e. The molecule has 0 atom stereocenters. The van der Waals surface area contributed by atoms with Gasteiger partial charge in [0, 0.05) is 23.9 Å². The Morgan fingerprint density at radius 2 is 1.83 bits per heavy atom. The van der Waals surface area contributed by atoms with Gasteiger partial charge in [0.05, 0.1) is 24.7 Å². The Balaban J connectivity index is 2.43. The Hall–Kier alpha value is -3.62. The Kier molecular flexibility index (Phi) is 7.13. The van der Waals surface area contributed by atoms with Gasteiger partial charge in [0.25, 0.3) is 17.5 Å². The van der Waals surface area contributed by atoms with E-state index in [9.17, 15) is 19.7 Å². The normalized spacial score (nSPS) is 10.2. The van der Waals surface area contributed by atoms with Crippen molar-refractivity contribution < 1.29 is 24.0 Å². The lowest BCUT2D eigenvalue weighted by atomic mass is 10.1. The number of rotatable bonds is 8. The minimum atomic E-state index is -0.700. The summed E-state index contributed by atoms with van der Waals surface area (Å²) in [6.07, 6.45) is 0. The SMILES string of the molecule is CCNC(=O)c1ccc(C)c(NC(=O)c2cc(OC)c(OCC)cc2[N+](=O)[O-])c1. The zero-order valence-corrected chi connectivity index (χ0v) is 16.7. The van der Waals surface area contributed by atoms with Gasteiger partial charge < -0.3 is 20.1 Å². The summed E-state index contributed by atoms with van der Waals surface area (Å²) >= 11 is 0. The first-order chi connectivity index (χ1) is 13.8. The minimum absolute atomic E-state index is 0.174. The Morgan fingerprint density at radius 1 is 1.10 bits per heavy atom. The zero-order valence-electron chi connectivity index (χ0n) is 16.7. The molecule has 0 heterocycles. The molecule has 0 saturated heterocycles. The van der Waals surface area contributed by atoms with Crippen LogP contribution in [0.1, 0.15) is 40.1 Å². The van der Waals surface area contributed by atoms with Gasteiger partial charge in [0.2, 0.25) is 0 Å². The van der Waals surface area contributed by atoms with E-state index in [1.54, 1.807) is 32.9 Å². The van der Waals surface area contributed by atoms with Crippen molar-refractivity contribution in [3.05, 3.63) is 57.1 Å². The monoisotopic (exact) mass is 401 g/mol. The fraction of sp³-hybridized carbons (Fsp3) is 0.300. The molecule has 2 aromatic rings. The Labute approximate surface area is 168 Å². The van der Waals surface area contributed by atoms with Gasteiger partial charge in [-0.2, -0.15) is 0 Å². The van der Waals surface area contributed by atoms with Crippen molar-refractivity contribution >= 4 is 23.2 Å². The van der Waals surface area contributed by atoms with Gasteiger partial charge in [-0.3, -0.25) is 19.7 Å². The van der Waals surface area contributed by atoms with E-state index in [1.807, 2.05) is 0 Å². The molecule has 2 amide bonds. The average Bonchev–Trinajstić information content (AvgIpc) is 2.69. The summed E-state index contributed by atoms with van der Waals surface area (Å²) in [6, 6.07) is 7.28. The first-order valence-electron chi connectivity index (χ1n) is 9.01. The molecule has 0 aliphatic rings. The van der Waals surface area contributed by atoms with Gasteiger partial charge >= 0.3 is 0 Å². The quantitative estimate of drug-likeness (QED) is 0.517. The van der Waals surface area contributed by atoms with E-state index < -0.39 is 16.5 Å². The molecular weight excluding hydrogens is 378 g/mol. The number of ether oxygens (including phenoxy) is 2. The number of methoxy groups -OCH3 is 1. The highest BCUT2D eigenvalue weighted by molar-refractivity contribution is 6.08. The number of aryl methyl sites for hydroxylation is 1. The molecule has 2 aromatic carbocycles. The van der Waals surface area contributed by atoms with Crippen molar-refractivity contribution in [1.29, 1.82) is 0 Å². The van der Waals surface area contributed by atoms with Crippen LogP contribution in [-0.4, -0.2) is 37.0 Å².